The molecule has 0 spiro atoms. The van der Waals surface area contributed by atoms with Gasteiger partial charge in [-0.15, -0.1) is 0 Å². The molecule has 1 atom stereocenters. The molecule has 21 heavy (non-hydrogen) atoms. The Morgan fingerprint density at radius 1 is 1.48 bits per heavy atom. The molecule has 5 nitrogen and oxygen atoms in total. The van der Waals surface area contributed by atoms with Crippen LogP contribution in [0, 0.1) is 0 Å². The molecular weight excluding hydrogens is 266 g/mol. The molecule has 2 aromatic rings. The summed E-state index contributed by atoms with van der Waals surface area (Å²) in [6.07, 6.45) is 1.82. The van der Waals surface area contributed by atoms with E-state index in [9.17, 15) is 4.79 Å². The minimum absolute atomic E-state index is 0.0603. The molecule has 1 amide bonds. The number of amides is 1. The number of ether oxygens (including phenoxy) is 1. The highest BCUT2D eigenvalue weighted by Crippen LogP contribution is 2.16. The van der Waals surface area contributed by atoms with Gasteiger partial charge in [0.25, 0.3) is 5.91 Å². The van der Waals surface area contributed by atoms with Gasteiger partial charge >= 0.3 is 0 Å². The van der Waals surface area contributed by atoms with E-state index in [2.05, 4.69) is 10.3 Å². The quantitative estimate of drug-likeness (QED) is 0.923. The summed E-state index contributed by atoms with van der Waals surface area (Å²) < 4.78 is 5.64. The first-order valence-electron chi connectivity index (χ1n) is 7.18. The van der Waals surface area contributed by atoms with Crippen LogP contribution in [0.25, 0.3) is 10.9 Å². The van der Waals surface area contributed by atoms with Crippen LogP contribution in [0.4, 0.5) is 0 Å². The zero-order valence-corrected chi connectivity index (χ0v) is 12.1. The number of nitrogens with zero attached hydrogens (tertiary/aromatic N) is 2. The van der Waals surface area contributed by atoms with Crippen LogP contribution in [0.15, 0.2) is 36.5 Å². The number of likely N-dealkylation sites (N-methyl/N-ethyl adjacent to an activating group) is 1. The fraction of sp³-hybridized carbons (Fsp3) is 0.375. The van der Waals surface area contributed by atoms with Crippen LogP contribution in [0.2, 0.25) is 0 Å². The smallest absolute Gasteiger partial charge is 0.254 e. The molecule has 3 rings (SSSR count). The van der Waals surface area contributed by atoms with Gasteiger partial charge in [-0.2, -0.15) is 0 Å². The van der Waals surface area contributed by atoms with Crippen molar-refractivity contribution in [2.45, 2.75) is 6.10 Å². The van der Waals surface area contributed by atoms with Gasteiger partial charge in [0, 0.05) is 36.8 Å². The number of nitrogens with one attached hydrogen (secondary N) is 1. The normalized spacial score (nSPS) is 18.9. The average Bonchev–Trinajstić information content (AvgIpc) is 2.54. The molecule has 2 heterocycles. The van der Waals surface area contributed by atoms with Crippen molar-refractivity contribution in [3.8, 4) is 0 Å². The number of hydrogen-bond acceptors (Lipinski definition) is 4. The number of benzene rings is 1. The number of carbonyl (C=O) groups is 1. The van der Waals surface area contributed by atoms with Crippen molar-refractivity contribution < 1.29 is 9.53 Å². The van der Waals surface area contributed by atoms with Crippen LogP contribution in [-0.2, 0) is 4.74 Å². The van der Waals surface area contributed by atoms with Crippen LogP contribution >= 0.6 is 0 Å². The van der Waals surface area contributed by atoms with Gasteiger partial charge in [0.2, 0.25) is 0 Å². The Hall–Kier alpha value is -1.98. The molecule has 5 heteroatoms. The molecule has 0 saturated carbocycles. The molecule has 1 N–H and O–H groups in total. The van der Waals surface area contributed by atoms with Crippen molar-refractivity contribution >= 4 is 16.8 Å². The van der Waals surface area contributed by atoms with E-state index >= 15 is 0 Å². The molecule has 0 bridgehead atoms. The van der Waals surface area contributed by atoms with Crippen molar-refractivity contribution in [2.24, 2.45) is 0 Å². The van der Waals surface area contributed by atoms with Crippen molar-refractivity contribution in [2.75, 3.05) is 33.3 Å². The van der Waals surface area contributed by atoms with E-state index < -0.39 is 0 Å². The number of fused-ring (bicyclic) bond motifs is 1. The van der Waals surface area contributed by atoms with E-state index in [0.717, 1.165) is 17.4 Å². The third kappa shape index (κ3) is 3.04. The number of aromatic nitrogens is 1. The van der Waals surface area contributed by atoms with E-state index in [1.165, 1.54) is 0 Å². The van der Waals surface area contributed by atoms with Crippen molar-refractivity contribution in [3.05, 3.63) is 42.1 Å². The van der Waals surface area contributed by atoms with Gasteiger partial charge in [-0.25, -0.2) is 0 Å². The summed E-state index contributed by atoms with van der Waals surface area (Å²) in [7, 11) is 1.89. The lowest BCUT2D eigenvalue weighted by atomic mass is 10.1. The van der Waals surface area contributed by atoms with Crippen molar-refractivity contribution in [1.29, 1.82) is 0 Å². The zero-order chi connectivity index (χ0) is 14.7. The first kappa shape index (κ1) is 14.0. The van der Waals surface area contributed by atoms with Gasteiger partial charge in [-0.05, 0) is 31.3 Å². The maximum Gasteiger partial charge on any atom is 0.254 e. The Morgan fingerprint density at radius 2 is 2.38 bits per heavy atom. The second kappa shape index (κ2) is 6.20. The van der Waals surface area contributed by atoms with Crippen LogP contribution in [-0.4, -0.2) is 55.2 Å². The molecule has 1 unspecified atom stereocenters. The highest BCUT2D eigenvalue weighted by Gasteiger charge is 2.24. The van der Waals surface area contributed by atoms with E-state index in [4.69, 9.17) is 4.74 Å². The number of hydrogen-bond donors (Lipinski definition) is 1. The molecule has 1 aliphatic heterocycles. The standard InChI is InChI=1S/C16H19N3O2/c1-17-10-14-11-19(7-8-21-14)16(20)13-4-5-15-12(9-13)3-2-6-18-15/h2-6,9,14,17H,7-8,10-11H2,1H3. The second-order valence-corrected chi connectivity index (χ2v) is 5.21. The largest absolute Gasteiger partial charge is 0.373 e. The zero-order valence-electron chi connectivity index (χ0n) is 12.1. The minimum Gasteiger partial charge on any atom is -0.373 e. The van der Waals surface area contributed by atoms with Gasteiger partial charge in [0.1, 0.15) is 0 Å². The summed E-state index contributed by atoms with van der Waals surface area (Å²) in [5.41, 5.74) is 1.62. The Morgan fingerprint density at radius 3 is 3.24 bits per heavy atom. The van der Waals surface area contributed by atoms with Crippen LogP contribution in [0.3, 0.4) is 0 Å². The Balaban J connectivity index is 1.79. The average molecular weight is 285 g/mol. The highest BCUT2D eigenvalue weighted by molar-refractivity contribution is 5.98. The molecule has 110 valence electrons. The SMILES string of the molecule is CNCC1CN(C(=O)c2ccc3ncccc3c2)CCO1. The molecule has 1 aromatic carbocycles. The molecule has 0 aliphatic carbocycles. The van der Waals surface area contributed by atoms with E-state index in [1.54, 1.807) is 6.20 Å². The Kier molecular flexibility index (Phi) is 4.13. The first-order chi connectivity index (χ1) is 10.3. The number of pyridine rings is 1. The summed E-state index contributed by atoms with van der Waals surface area (Å²) in [6, 6.07) is 9.51. The number of morpholine rings is 1. The third-order valence-electron chi connectivity index (χ3n) is 3.71. The summed E-state index contributed by atoms with van der Waals surface area (Å²) >= 11 is 0. The molecular formula is C16H19N3O2. The van der Waals surface area contributed by atoms with E-state index in [0.29, 0.717) is 25.3 Å². The van der Waals surface area contributed by atoms with Gasteiger partial charge in [0.05, 0.1) is 18.2 Å². The fourth-order valence-electron chi connectivity index (χ4n) is 2.65. The van der Waals surface area contributed by atoms with Gasteiger partial charge in [-0.1, -0.05) is 6.07 Å². The molecule has 1 fully saturated rings. The Labute approximate surface area is 123 Å². The second-order valence-electron chi connectivity index (χ2n) is 5.21. The predicted molar refractivity (Wildman–Crippen MR) is 81.3 cm³/mol. The lowest BCUT2D eigenvalue weighted by molar-refractivity contribution is -0.0196. The van der Waals surface area contributed by atoms with Crippen LogP contribution in [0.5, 0.6) is 0 Å². The molecule has 1 aliphatic rings. The van der Waals surface area contributed by atoms with Crippen LogP contribution < -0.4 is 5.32 Å². The third-order valence-corrected chi connectivity index (χ3v) is 3.71. The number of rotatable bonds is 3. The lowest BCUT2D eigenvalue weighted by Gasteiger charge is -2.33. The summed E-state index contributed by atoms with van der Waals surface area (Å²) in [4.78, 5) is 18.8. The maximum absolute atomic E-state index is 12.6. The highest BCUT2D eigenvalue weighted by atomic mass is 16.5. The monoisotopic (exact) mass is 285 g/mol. The van der Waals surface area contributed by atoms with Crippen LogP contribution in [0.1, 0.15) is 10.4 Å². The Bertz CT molecular complexity index is 642. The maximum atomic E-state index is 12.6. The van der Waals surface area contributed by atoms with Gasteiger partial charge in [-0.3, -0.25) is 9.78 Å². The fourth-order valence-corrected chi connectivity index (χ4v) is 2.65. The predicted octanol–water partition coefficient (Wildman–Crippen LogP) is 1.30. The van der Waals surface area contributed by atoms with Crippen molar-refractivity contribution in [3.63, 3.8) is 0 Å². The molecule has 0 radical (unpaired) electrons. The first-order valence-corrected chi connectivity index (χ1v) is 7.18. The minimum atomic E-state index is 0.0603. The molecule has 1 aromatic heterocycles. The summed E-state index contributed by atoms with van der Waals surface area (Å²) in [5.74, 6) is 0.0603. The summed E-state index contributed by atoms with van der Waals surface area (Å²) in [6.45, 7) is 2.62. The molecule has 1 saturated heterocycles. The van der Waals surface area contributed by atoms with E-state index in [1.807, 2.05) is 42.3 Å². The van der Waals surface area contributed by atoms with Gasteiger partial charge in [0.15, 0.2) is 0 Å². The number of carbonyl (C=O) groups excluding carboxylic acids is 1. The lowest BCUT2D eigenvalue weighted by Crippen LogP contribution is -2.48. The van der Waals surface area contributed by atoms with Crippen molar-refractivity contribution in [1.82, 2.24) is 15.2 Å². The van der Waals surface area contributed by atoms with Gasteiger partial charge < -0.3 is 15.0 Å². The summed E-state index contributed by atoms with van der Waals surface area (Å²) in [5, 5.41) is 4.08. The topological polar surface area (TPSA) is 54.5 Å². The van der Waals surface area contributed by atoms with E-state index in [-0.39, 0.29) is 12.0 Å².